The maximum absolute atomic E-state index is 5.05. The van der Waals surface area contributed by atoms with Crippen LogP contribution in [0.3, 0.4) is 0 Å². The summed E-state index contributed by atoms with van der Waals surface area (Å²) in [5.41, 5.74) is 12.6. The predicted octanol–water partition coefficient (Wildman–Crippen LogP) is 11.9. The monoisotopic (exact) mass is 666 g/mol. The van der Waals surface area contributed by atoms with Crippen LogP contribution in [-0.4, -0.2) is 19.5 Å². The van der Waals surface area contributed by atoms with Gasteiger partial charge in [0.25, 0.3) is 0 Å². The summed E-state index contributed by atoms with van der Waals surface area (Å²) in [6, 6.07) is 57.9. The summed E-state index contributed by atoms with van der Waals surface area (Å²) in [5, 5.41) is 3.76. The minimum Gasteiger partial charge on any atom is -0.316 e. The number of nitrogens with zero attached hydrogens (tertiary/aromatic N) is 4. The molecule has 2 heterocycles. The number of fused-ring (bicyclic) bond motifs is 6. The van der Waals surface area contributed by atoms with Gasteiger partial charge in [0.1, 0.15) is 0 Å². The molecular formula is C48H34N4. The van der Waals surface area contributed by atoms with Crippen molar-refractivity contribution < 1.29 is 0 Å². The number of hydrogen-bond acceptors (Lipinski definition) is 3. The van der Waals surface area contributed by atoms with E-state index in [0.717, 1.165) is 22.4 Å². The van der Waals surface area contributed by atoms with E-state index < -0.39 is 0 Å². The van der Waals surface area contributed by atoms with Crippen molar-refractivity contribution in [3.63, 3.8) is 0 Å². The number of hydrogen-bond donors (Lipinski definition) is 0. The Kier molecular flexibility index (Phi) is 6.80. The smallest absolute Gasteiger partial charge is 0.164 e. The summed E-state index contributed by atoms with van der Waals surface area (Å²) in [4.78, 5) is 15.0. The van der Waals surface area contributed by atoms with Gasteiger partial charge in [-0.3, -0.25) is 0 Å². The minimum atomic E-state index is -0.157. The molecule has 1 aliphatic carbocycles. The zero-order valence-electron chi connectivity index (χ0n) is 29.0. The second-order valence-corrected chi connectivity index (χ2v) is 14.1. The maximum atomic E-state index is 5.05. The molecule has 4 nitrogen and oxygen atoms in total. The molecule has 0 amide bonds. The van der Waals surface area contributed by atoms with E-state index in [2.05, 4.69) is 152 Å². The quantitative estimate of drug-likeness (QED) is 0.184. The highest BCUT2D eigenvalue weighted by molar-refractivity contribution is 6.14. The zero-order chi connectivity index (χ0) is 34.8. The molecule has 0 spiro atoms. The van der Waals surface area contributed by atoms with Crippen LogP contribution in [0.5, 0.6) is 0 Å². The zero-order valence-corrected chi connectivity index (χ0v) is 29.0. The molecule has 0 saturated carbocycles. The van der Waals surface area contributed by atoms with Crippen LogP contribution < -0.4 is 0 Å². The van der Waals surface area contributed by atoms with Crippen molar-refractivity contribution in [3.8, 4) is 62.1 Å². The fraction of sp³-hybridized carbons (Fsp3) is 0.0625. The highest BCUT2D eigenvalue weighted by Gasteiger charge is 2.36. The number of aromatic nitrogens is 4. The summed E-state index contributed by atoms with van der Waals surface area (Å²) in [6.45, 7) is 4.66. The van der Waals surface area contributed by atoms with Crippen molar-refractivity contribution in [2.75, 3.05) is 0 Å². The first kappa shape index (κ1) is 30.2. The van der Waals surface area contributed by atoms with Crippen molar-refractivity contribution in [1.82, 2.24) is 19.5 Å². The average molecular weight is 667 g/mol. The molecule has 7 aromatic carbocycles. The van der Waals surface area contributed by atoms with E-state index in [1.165, 1.54) is 55.1 Å². The molecule has 1 aliphatic rings. The normalized spacial score (nSPS) is 13.0. The van der Waals surface area contributed by atoms with Gasteiger partial charge in [-0.25, -0.2) is 15.0 Å². The van der Waals surface area contributed by atoms with Gasteiger partial charge in [0.2, 0.25) is 0 Å². The number of benzene rings is 7. The molecule has 0 N–H and O–H groups in total. The van der Waals surface area contributed by atoms with E-state index in [4.69, 9.17) is 15.0 Å². The minimum absolute atomic E-state index is 0.157. The predicted molar refractivity (Wildman–Crippen MR) is 213 cm³/mol. The van der Waals surface area contributed by atoms with Crippen LogP contribution in [0.25, 0.3) is 83.8 Å². The molecule has 0 fully saturated rings. The Morgan fingerprint density at radius 3 is 1.60 bits per heavy atom. The van der Waals surface area contributed by atoms with Crippen molar-refractivity contribution in [3.05, 3.63) is 181 Å². The molecule has 0 unspecified atom stereocenters. The van der Waals surface area contributed by atoms with Crippen molar-refractivity contribution >= 4 is 21.7 Å². The molecule has 52 heavy (non-hydrogen) atoms. The summed E-state index contributed by atoms with van der Waals surface area (Å²) >= 11 is 0. The van der Waals surface area contributed by atoms with Crippen molar-refractivity contribution in [2.24, 2.45) is 0 Å². The molecule has 4 heteroatoms. The highest BCUT2D eigenvalue weighted by atomic mass is 15.0. The molecular weight excluding hydrogens is 633 g/mol. The third-order valence-electron chi connectivity index (χ3n) is 10.7. The Morgan fingerprint density at radius 2 is 0.962 bits per heavy atom. The summed E-state index contributed by atoms with van der Waals surface area (Å²) in [7, 11) is 0. The van der Waals surface area contributed by atoms with Gasteiger partial charge in [-0.15, -0.1) is 0 Å². The lowest BCUT2D eigenvalue weighted by Gasteiger charge is -2.21. The van der Waals surface area contributed by atoms with E-state index in [9.17, 15) is 0 Å². The third-order valence-corrected chi connectivity index (χ3v) is 10.7. The number of rotatable bonds is 5. The Balaban J connectivity index is 1.16. The van der Waals surface area contributed by atoms with Gasteiger partial charge >= 0.3 is 0 Å². The molecule has 0 saturated heterocycles. The van der Waals surface area contributed by atoms with Gasteiger partial charge in [0.05, 0.1) is 5.52 Å². The Morgan fingerprint density at radius 1 is 0.442 bits per heavy atom. The molecule has 0 aliphatic heterocycles. The summed E-state index contributed by atoms with van der Waals surface area (Å²) in [5.74, 6) is 1.99. The fourth-order valence-electron chi connectivity index (χ4n) is 8.04. The van der Waals surface area contributed by atoms with Gasteiger partial charge in [-0.05, 0) is 68.9 Å². The van der Waals surface area contributed by atoms with E-state index >= 15 is 0 Å². The second kappa shape index (κ2) is 11.7. The molecule has 2 aromatic heterocycles. The molecule has 9 aromatic rings. The SMILES string of the molecule is CC1(C)c2ccc(-c3nc(-c4ccccc4)nc(-c4ccccc4)n3)cc2-c2cc(-c3cn(-c4ccccc4)c4ccc5ccccc5c34)ccc21. The summed E-state index contributed by atoms with van der Waals surface area (Å²) in [6.07, 6.45) is 2.31. The fourth-order valence-corrected chi connectivity index (χ4v) is 8.04. The lowest BCUT2D eigenvalue weighted by Crippen LogP contribution is -2.14. The van der Waals surface area contributed by atoms with Gasteiger partial charge in [0, 0.05) is 44.9 Å². The van der Waals surface area contributed by atoms with E-state index in [0.29, 0.717) is 17.5 Å². The lowest BCUT2D eigenvalue weighted by atomic mass is 9.82. The standard InChI is InChI=1S/C48H34N4/c1-48(2)41-25-22-34(40-30-52(36-19-10-5-11-20-36)43-27-24-31-14-12-13-21-37(31)44(40)43)28-38(41)39-29-35(23-26-42(39)48)47-50-45(32-15-6-3-7-16-32)49-46(51-47)33-17-8-4-9-18-33/h3-30H,1-2H3. The van der Waals surface area contributed by atoms with Gasteiger partial charge in [0.15, 0.2) is 17.5 Å². The first-order valence-corrected chi connectivity index (χ1v) is 17.8. The van der Waals surface area contributed by atoms with Gasteiger partial charge < -0.3 is 4.57 Å². The van der Waals surface area contributed by atoms with E-state index in [1.807, 2.05) is 36.4 Å². The lowest BCUT2D eigenvalue weighted by molar-refractivity contribution is 0.660. The second-order valence-electron chi connectivity index (χ2n) is 14.1. The first-order chi connectivity index (χ1) is 25.5. The van der Waals surface area contributed by atoms with Crippen molar-refractivity contribution in [2.45, 2.75) is 19.3 Å². The Labute approximate surface area is 302 Å². The molecule has 10 rings (SSSR count). The van der Waals surface area contributed by atoms with Crippen LogP contribution in [0, 0.1) is 0 Å². The van der Waals surface area contributed by atoms with Crippen LogP contribution in [0.15, 0.2) is 170 Å². The van der Waals surface area contributed by atoms with Crippen LogP contribution in [0.1, 0.15) is 25.0 Å². The van der Waals surface area contributed by atoms with Gasteiger partial charge in [-0.2, -0.15) is 0 Å². The number of para-hydroxylation sites is 1. The Bertz CT molecular complexity index is 2740. The van der Waals surface area contributed by atoms with Crippen molar-refractivity contribution in [1.29, 1.82) is 0 Å². The average Bonchev–Trinajstić information content (AvgIpc) is 3.71. The highest BCUT2D eigenvalue weighted by Crippen LogP contribution is 2.51. The first-order valence-electron chi connectivity index (χ1n) is 17.8. The maximum Gasteiger partial charge on any atom is 0.164 e. The van der Waals surface area contributed by atoms with E-state index in [1.54, 1.807) is 0 Å². The van der Waals surface area contributed by atoms with Crippen LogP contribution in [-0.2, 0) is 5.41 Å². The largest absolute Gasteiger partial charge is 0.316 e. The Hall–Kier alpha value is -6.65. The van der Waals surface area contributed by atoms with Crippen LogP contribution >= 0.6 is 0 Å². The molecule has 0 radical (unpaired) electrons. The van der Waals surface area contributed by atoms with Crippen LogP contribution in [0.4, 0.5) is 0 Å². The topological polar surface area (TPSA) is 43.6 Å². The molecule has 246 valence electrons. The molecule has 0 atom stereocenters. The summed E-state index contributed by atoms with van der Waals surface area (Å²) < 4.78 is 2.33. The third kappa shape index (κ3) is 4.79. The van der Waals surface area contributed by atoms with Crippen LogP contribution in [0.2, 0.25) is 0 Å². The van der Waals surface area contributed by atoms with Gasteiger partial charge in [-0.1, -0.05) is 147 Å². The van der Waals surface area contributed by atoms with E-state index in [-0.39, 0.29) is 5.41 Å². The molecule has 0 bridgehead atoms.